The maximum Gasteiger partial charge on any atom is 0.309 e. The quantitative estimate of drug-likeness (QED) is 0.381. The second kappa shape index (κ2) is 14.3. The van der Waals surface area contributed by atoms with E-state index in [9.17, 15) is 4.79 Å². The molecule has 0 aliphatic carbocycles. The maximum atomic E-state index is 11.8. The van der Waals surface area contributed by atoms with Gasteiger partial charge in [0, 0.05) is 0 Å². The number of carbonyl (C=O) groups excluding carboxylic acids is 1. The molecule has 0 saturated carbocycles. The molecule has 0 fully saturated rings. The summed E-state index contributed by atoms with van der Waals surface area (Å²) in [6.45, 7) is 3.73. The fourth-order valence-corrected chi connectivity index (χ4v) is 2.36. The lowest BCUT2D eigenvalue weighted by Gasteiger charge is -2.15. The molecule has 0 heterocycles. The molecule has 2 atom stereocenters. The summed E-state index contributed by atoms with van der Waals surface area (Å²) in [5.41, 5.74) is 0. The van der Waals surface area contributed by atoms with E-state index < -0.39 is 6.10 Å². The molecule has 0 aromatic rings. The lowest BCUT2D eigenvalue weighted by Crippen LogP contribution is -2.25. The van der Waals surface area contributed by atoms with Crippen LogP contribution >= 0.6 is 0 Å². The third kappa shape index (κ3) is 11.7. The molecule has 0 aromatic carbocycles. The fourth-order valence-electron chi connectivity index (χ4n) is 2.36. The highest BCUT2D eigenvalue weighted by atomic mass is 16.5. The molecule has 0 saturated heterocycles. The number of unbranched alkanes of at least 4 members (excludes halogenated alkanes) is 7. The first kappa shape index (κ1) is 20.4. The van der Waals surface area contributed by atoms with Crippen LogP contribution in [0.1, 0.15) is 78.1 Å². The first-order valence-electron chi connectivity index (χ1n) is 8.61. The maximum absolute atomic E-state index is 11.8. The number of aliphatic hydroxyl groups excluding tert-OH is 2. The summed E-state index contributed by atoms with van der Waals surface area (Å²) in [5.74, 6) is -0.316. The topological polar surface area (TPSA) is 66.8 Å². The third-order valence-electron chi connectivity index (χ3n) is 3.86. The number of esters is 1. The highest BCUT2D eigenvalue weighted by Gasteiger charge is 2.18. The molecule has 0 amide bonds. The first-order chi connectivity index (χ1) is 10.2. The van der Waals surface area contributed by atoms with Gasteiger partial charge >= 0.3 is 5.97 Å². The minimum atomic E-state index is -0.963. The van der Waals surface area contributed by atoms with Crippen molar-refractivity contribution in [1.82, 2.24) is 0 Å². The normalized spacial score (nSPS) is 13.9. The van der Waals surface area contributed by atoms with Gasteiger partial charge in [0.15, 0.2) is 0 Å². The Bertz CT molecular complexity index is 243. The summed E-state index contributed by atoms with van der Waals surface area (Å²) in [5, 5.41) is 17.8. The van der Waals surface area contributed by atoms with E-state index in [1.807, 2.05) is 6.92 Å². The molecule has 0 aliphatic heterocycles. The predicted octanol–water partition coefficient (Wildman–Crippen LogP) is 3.44. The standard InChI is InChI=1S/C17H34O4/c1-3-5-6-7-8-9-10-11-12-15(4-2)17(20)21-14-16(19)13-18/h15-16,18-19H,3-14H2,1-2H3. The van der Waals surface area contributed by atoms with Crippen LogP contribution in [0.15, 0.2) is 0 Å². The SMILES string of the molecule is CCCCCCCCCCC(CC)C(=O)OCC(O)CO. The Morgan fingerprint density at radius 2 is 1.57 bits per heavy atom. The third-order valence-corrected chi connectivity index (χ3v) is 3.86. The monoisotopic (exact) mass is 302 g/mol. The van der Waals surface area contributed by atoms with Crippen LogP contribution in [-0.4, -0.2) is 35.5 Å². The molecule has 0 radical (unpaired) electrons. The van der Waals surface area contributed by atoms with Crippen molar-refractivity contribution in [2.75, 3.05) is 13.2 Å². The van der Waals surface area contributed by atoms with E-state index in [1.165, 1.54) is 44.9 Å². The zero-order chi connectivity index (χ0) is 15.9. The van der Waals surface area contributed by atoms with Gasteiger partial charge in [0.2, 0.25) is 0 Å². The van der Waals surface area contributed by atoms with Crippen molar-refractivity contribution in [1.29, 1.82) is 0 Å². The minimum Gasteiger partial charge on any atom is -0.463 e. The number of carbonyl (C=O) groups is 1. The van der Waals surface area contributed by atoms with E-state index in [1.54, 1.807) is 0 Å². The van der Waals surface area contributed by atoms with Crippen molar-refractivity contribution < 1.29 is 19.7 Å². The lowest BCUT2D eigenvalue weighted by molar-refractivity contribution is -0.152. The van der Waals surface area contributed by atoms with Gasteiger partial charge in [-0.1, -0.05) is 65.2 Å². The Hall–Kier alpha value is -0.610. The summed E-state index contributed by atoms with van der Waals surface area (Å²) >= 11 is 0. The zero-order valence-electron chi connectivity index (χ0n) is 13.9. The summed E-state index contributed by atoms with van der Waals surface area (Å²) in [6.07, 6.45) is 10.7. The highest BCUT2D eigenvalue weighted by molar-refractivity contribution is 5.72. The summed E-state index contributed by atoms with van der Waals surface area (Å²) in [6, 6.07) is 0. The lowest BCUT2D eigenvalue weighted by atomic mass is 9.98. The van der Waals surface area contributed by atoms with Crippen LogP contribution in [0.25, 0.3) is 0 Å². The summed E-state index contributed by atoms with van der Waals surface area (Å²) < 4.78 is 5.02. The van der Waals surface area contributed by atoms with Gasteiger partial charge in [-0.2, -0.15) is 0 Å². The van der Waals surface area contributed by atoms with E-state index in [2.05, 4.69) is 6.92 Å². The van der Waals surface area contributed by atoms with Crippen LogP contribution in [0.5, 0.6) is 0 Å². The molecule has 21 heavy (non-hydrogen) atoms. The molecule has 4 heteroatoms. The van der Waals surface area contributed by atoms with Crippen molar-refractivity contribution >= 4 is 5.97 Å². The average molecular weight is 302 g/mol. The van der Waals surface area contributed by atoms with Gasteiger partial charge in [0.25, 0.3) is 0 Å². The van der Waals surface area contributed by atoms with E-state index >= 15 is 0 Å². The van der Waals surface area contributed by atoms with Crippen molar-refractivity contribution in [2.24, 2.45) is 5.92 Å². The molecule has 0 aromatic heterocycles. The highest BCUT2D eigenvalue weighted by Crippen LogP contribution is 2.17. The second-order valence-electron chi connectivity index (χ2n) is 5.84. The van der Waals surface area contributed by atoms with Crippen molar-refractivity contribution in [3.8, 4) is 0 Å². The molecule has 0 aliphatic rings. The van der Waals surface area contributed by atoms with Crippen LogP contribution in [0, 0.1) is 5.92 Å². The molecule has 0 rings (SSSR count). The largest absolute Gasteiger partial charge is 0.463 e. The van der Waals surface area contributed by atoms with E-state index in [4.69, 9.17) is 14.9 Å². The average Bonchev–Trinajstić information content (AvgIpc) is 2.50. The van der Waals surface area contributed by atoms with Gasteiger partial charge < -0.3 is 14.9 Å². The van der Waals surface area contributed by atoms with Gasteiger partial charge in [-0.3, -0.25) is 4.79 Å². The first-order valence-corrected chi connectivity index (χ1v) is 8.61. The van der Waals surface area contributed by atoms with Gasteiger partial charge in [0.05, 0.1) is 12.5 Å². The van der Waals surface area contributed by atoms with Crippen molar-refractivity contribution in [2.45, 2.75) is 84.2 Å². The Labute approximate surface area is 129 Å². The molecule has 0 bridgehead atoms. The Morgan fingerprint density at radius 1 is 1.00 bits per heavy atom. The van der Waals surface area contributed by atoms with Crippen LogP contribution in [-0.2, 0) is 9.53 Å². The van der Waals surface area contributed by atoms with Gasteiger partial charge in [-0.25, -0.2) is 0 Å². The Balaban J connectivity index is 3.62. The molecule has 2 unspecified atom stereocenters. The van der Waals surface area contributed by atoms with Crippen LogP contribution in [0.2, 0.25) is 0 Å². The summed E-state index contributed by atoms with van der Waals surface area (Å²) in [4.78, 5) is 11.8. The van der Waals surface area contributed by atoms with E-state index in [0.717, 1.165) is 19.3 Å². The van der Waals surface area contributed by atoms with Gasteiger partial charge in [-0.05, 0) is 12.8 Å². The number of aliphatic hydroxyl groups is 2. The van der Waals surface area contributed by atoms with Crippen molar-refractivity contribution in [3.05, 3.63) is 0 Å². The second-order valence-corrected chi connectivity index (χ2v) is 5.84. The predicted molar refractivity (Wildman–Crippen MR) is 85.1 cm³/mol. The number of ether oxygens (including phenoxy) is 1. The van der Waals surface area contributed by atoms with E-state index in [-0.39, 0.29) is 25.1 Å². The van der Waals surface area contributed by atoms with Crippen LogP contribution in [0.3, 0.4) is 0 Å². The molecular weight excluding hydrogens is 268 g/mol. The van der Waals surface area contributed by atoms with Crippen LogP contribution < -0.4 is 0 Å². The smallest absolute Gasteiger partial charge is 0.309 e. The molecular formula is C17H34O4. The number of rotatable bonds is 14. The van der Waals surface area contributed by atoms with E-state index in [0.29, 0.717) is 0 Å². The number of hydrogen-bond acceptors (Lipinski definition) is 4. The molecule has 126 valence electrons. The van der Waals surface area contributed by atoms with Gasteiger partial charge in [-0.15, -0.1) is 0 Å². The molecule has 0 spiro atoms. The molecule has 2 N–H and O–H groups in total. The van der Waals surface area contributed by atoms with Crippen molar-refractivity contribution in [3.63, 3.8) is 0 Å². The number of hydrogen-bond donors (Lipinski definition) is 2. The van der Waals surface area contributed by atoms with Gasteiger partial charge in [0.1, 0.15) is 12.7 Å². The van der Waals surface area contributed by atoms with Crippen LogP contribution in [0.4, 0.5) is 0 Å². The Kier molecular flexibility index (Phi) is 13.9. The fraction of sp³-hybridized carbons (Fsp3) is 0.941. The summed E-state index contributed by atoms with van der Waals surface area (Å²) in [7, 11) is 0. The minimum absolute atomic E-state index is 0.0732. The molecule has 4 nitrogen and oxygen atoms in total. The zero-order valence-corrected chi connectivity index (χ0v) is 13.9. The Morgan fingerprint density at radius 3 is 2.10 bits per heavy atom.